The molecule has 0 aliphatic carbocycles. The van der Waals surface area contributed by atoms with Crippen LogP contribution in [0.25, 0.3) is 6.08 Å². The summed E-state index contributed by atoms with van der Waals surface area (Å²) in [6, 6.07) is 10.5. The number of methoxy groups -OCH3 is 1. The van der Waals surface area contributed by atoms with E-state index in [2.05, 4.69) is 5.32 Å². The molecule has 7 heteroatoms. The first-order chi connectivity index (χ1) is 11.3. The maximum Gasteiger partial charge on any atom is 0.409 e. The Labute approximate surface area is 141 Å². The van der Waals surface area contributed by atoms with E-state index in [0.717, 1.165) is 6.08 Å². The molecule has 0 aliphatic rings. The number of hydrogen-bond donors (Lipinski definition) is 1. The fourth-order valence-electron chi connectivity index (χ4n) is 1.88. The highest BCUT2D eigenvalue weighted by molar-refractivity contribution is 6.32. The van der Waals surface area contributed by atoms with Gasteiger partial charge in [-0.2, -0.15) is 13.2 Å². The summed E-state index contributed by atoms with van der Waals surface area (Å²) in [7, 11) is 1.48. The third kappa shape index (κ3) is 5.03. The van der Waals surface area contributed by atoms with Crippen LogP contribution in [0, 0.1) is 0 Å². The van der Waals surface area contributed by atoms with Gasteiger partial charge in [0.1, 0.15) is 5.75 Å². The zero-order valence-corrected chi connectivity index (χ0v) is 13.3. The molecule has 126 valence electrons. The molecule has 2 rings (SSSR count). The highest BCUT2D eigenvalue weighted by Crippen LogP contribution is 2.27. The Bertz CT molecular complexity index is 755. The molecule has 0 unspecified atom stereocenters. The molecule has 1 N–H and O–H groups in total. The van der Waals surface area contributed by atoms with E-state index in [1.165, 1.54) is 31.4 Å². The highest BCUT2D eigenvalue weighted by Gasteiger charge is 2.21. The van der Waals surface area contributed by atoms with Gasteiger partial charge in [0.05, 0.1) is 12.1 Å². The topological polar surface area (TPSA) is 38.3 Å². The van der Waals surface area contributed by atoms with Crippen molar-refractivity contribution in [3.8, 4) is 5.75 Å². The summed E-state index contributed by atoms with van der Waals surface area (Å²) in [5, 5.41) is 3.00. The molecule has 0 saturated carbocycles. The van der Waals surface area contributed by atoms with Crippen LogP contribution in [0.2, 0.25) is 5.02 Å². The SMILES string of the molecule is COc1ccc(NC(=O)c2ccc(C=CC(F)(F)F)cc2)cc1Cl. The number of anilines is 1. The van der Waals surface area contributed by atoms with Crippen LogP contribution in [-0.2, 0) is 0 Å². The first kappa shape index (κ1) is 17.9. The Morgan fingerprint density at radius 1 is 1.17 bits per heavy atom. The van der Waals surface area contributed by atoms with Gasteiger partial charge in [-0.25, -0.2) is 0 Å². The van der Waals surface area contributed by atoms with Gasteiger partial charge in [0, 0.05) is 17.3 Å². The number of nitrogens with one attached hydrogen (secondary N) is 1. The zero-order chi connectivity index (χ0) is 17.7. The van der Waals surface area contributed by atoms with Crippen molar-refractivity contribution in [2.45, 2.75) is 6.18 Å². The lowest BCUT2D eigenvalue weighted by atomic mass is 10.1. The molecule has 2 aromatic rings. The number of ether oxygens (including phenoxy) is 1. The molecule has 0 atom stereocenters. The second kappa shape index (κ2) is 7.40. The normalized spacial score (nSPS) is 11.5. The van der Waals surface area contributed by atoms with Gasteiger partial charge in [-0.3, -0.25) is 4.79 Å². The zero-order valence-electron chi connectivity index (χ0n) is 12.5. The number of carbonyl (C=O) groups excluding carboxylic acids is 1. The van der Waals surface area contributed by atoms with Crippen LogP contribution in [0.4, 0.5) is 18.9 Å². The number of carbonyl (C=O) groups is 1. The molecule has 0 heterocycles. The van der Waals surface area contributed by atoms with Gasteiger partial charge < -0.3 is 10.1 Å². The number of benzene rings is 2. The molecule has 0 spiro atoms. The lowest BCUT2D eigenvalue weighted by molar-refractivity contribution is -0.0790. The van der Waals surface area contributed by atoms with Crippen molar-refractivity contribution in [3.63, 3.8) is 0 Å². The van der Waals surface area contributed by atoms with Crippen LogP contribution in [0.5, 0.6) is 5.75 Å². The van der Waals surface area contributed by atoms with Crippen LogP contribution in [0.1, 0.15) is 15.9 Å². The number of halogens is 4. The van der Waals surface area contributed by atoms with Crippen LogP contribution in [0.15, 0.2) is 48.5 Å². The fraction of sp³-hybridized carbons (Fsp3) is 0.118. The van der Waals surface area contributed by atoms with Crippen LogP contribution in [-0.4, -0.2) is 19.2 Å². The summed E-state index contributed by atoms with van der Waals surface area (Å²) in [6.45, 7) is 0. The Morgan fingerprint density at radius 3 is 2.38 bits per heavy atom. The average Bonchev–Trinajstić information content (AvgIpc) is 2.53. The minimum Gasteiger partial charge on any atom is -0.495 e. The van der Waals surface area contributed by atoms with Gasteiger partial charge in [-0.1, -0.05) is 29.8 Å². The number of amides is 1. The first-order valence-corrected chi connectivity index (χ1v) is 7.17. The molecule has 0 saturated heterocycles. The molecule has 3 nitrogen and oxygen atoms in total. The highest BCUT2D eigenvalue weighted by atomic mass is 35.5. The maximum atomic E-state index is 12.1. The van der Waals surface area contributed by atoms with Crippen LogP contribution in [0.3, 0.4) is 0 Å². The summed E-state index contributed by atoms with van der Waals surface area (Å²) in [5.74, 6) is 0.0815. The summed E-state index contributed by atoms with van der Waals surface area (Å²) in [4.78, 5) is 12.1. The van der Waals surface area contributed by atoms with Crippen molar-refractivity contribution in [3.05, 3.63) is 64.7 Å². The minimum atomic E-state index is -4.37. The van der Waals surface area contributed by atoms with E-state index in [4.69, 9.17) is 16.3 Å². The standard InChI is InChI=1S/C17H13ClF3NO2/c1-24-15-7-6-13(10-14(15)18)22-16(23)12-4-2-11(3-5-12)8-9-17(19,20)21/h2-10H,1H3,(H,22,23). The quantitative estimate of drug-likeness (QED) is 0.821. The van der Waals surface area contributed by atoms with E-state index >= 15 is 0 Å². The predicted octanol–water partition coefficient (Wildman–Crippen LogP) is 5.18. The third-order valence-electron chi connectivity index (χ3n) is 3.05. The molecule has 0 aromatic heterocycles. The van der Waals surface area contributed by atoms with Crippen molar-refractivity contribution >= 4 is 29.3 Å². The van der Waals surface area contributed by atoms with Crippen molar-refractivity contribution in [2.75, 3.05) is 12.4 Å². The van der Waals surface area contributed by atoms with Crippen molar-refractivity contribution < 1.29 is 22.7 Å². The van der Waals surface area contributed by atoms with Gasteiger partial charge in [0.2, 0.25) is 0 Å². The first-order valence-electron chi connectivity index (χ1n) is 6.79. The van der Waals surface area contributed by atoms with E-state index in [9.17, 15) is 18.0 Å². The second-order valence-corrected chi connectivity index (χ2v) is 5.21. The van der Waals surface area contributed by atoms with Gasteiger partial charge in [-0.15, -0.1) is 0 Å². The van der Waals surface area contributed by atoms with Crippen molar-refractivity contribution in [1.82, 2.24) is 0 Å². The van der Waals surface area contributed by atoms with Gasteiger partial charge in [0.25, 0.3) is 5.91 Å². The molecule has 0 fully saturated rings. The number of allylic oxidation sites excluding steroid dienone is 1. The molecular formula is C17H13ClF3NO2. The molecular weight excluding hydrogens is 343 g/mol. The molecule has 2 aromatic carbocycles. The van der Waals surface area contributed by atoms with E-state index in [1.807, 2.05) is 0 Å². The molecule has 1 amide bonds. The summed E-state index contributed by atoms with van der Waals surface area (Å²) in [6.07, 6.45) is -3.30. The van der Waals surface area contributed by atoms with E-state index in [0.29, 0.717) is 27.6 Å². The maximum absolute atomic E-state index is 12.1. The predicted molar refractivity (Wildman–Crippen MR) is 87.5 cm³/mol. The Morgan fingerprint density at radius 2 is 1.83 bits per heavy atom. The van der Waals surface area contributed by atoms with Gasteiger partial charge in [0.15, 0.2) is 0 Å². The van der Waals surface area contributed by atoms with E-state index in [1.54, 1.807) is 18.2 Å². The van der Waals surface area contributed by atoms with Crippen molar-refractivity contribution in [1.29, 1.82) is 0 Å². The number of alkyl halides is 3. The Kier molecular flexibility index (Phi) is 5.51. The number of rotatable bonds is 4. The lowest BCUT2D eigenvalue weighted by Gasteiger charge is -2.08. The monoisotopic (exact) mass is 355 g/mol. The smallest absolute Gasteiger partial charge is 0.409 e. The lowest BCUT2D eigenvalue weighted by Crippen LogP contribution is -2.11. The van der Waals surface area contributed by atoms with Gasteiger partial charge in [-0.05, 0) is 35.9 Å². The van der Waals surface area contributed by atoms with Crippen LogP contribution < -0.4 is 10.1 Å². The number of hydrogen-bond acceptors (Lipinski definition) is 2. The molecule has 24 heavy (non-hydrogen) atoms. The third-order valence-corrected chi connectivity index (χ3v) is 3.34. The molecule has 0 bridgehead atoms. The molecule has 0 radical (unpaired) electrons. The minimum absolute atomic E-state index is 0.140. The second-order valence-electron chi connectivity index (χ2n) is 4.80. The van der Waals surface area contributed by atoms with E-state index in [-0.39, 0.29) is 6.08 Å². The largest absolute Gasteiger partial charge is 0.495 e. The summed E-state index contributed by atoms with van der Waals surface area (Å²) in [5.41, 5.74) is 1.13. The Hall–Kier alpha value is -2.47. The summed E-state index contributed by atoms with van der Waals surface area (Å²) >= 11 is 5.98. The Balaban J connectivity index is 2.07. The molecule has 0 aliphatic heterocycles. The summed E-state index contributed by atoms with van der Waals surface area (Å²) < 4.78 is 41.3. The van der Waals surface area contributed by atoms with Gasteiger partial charge >= 0.3 is 6.18 Å². The average molecular weight is 356 g/mol. The van der Waals surface area contributed by atoms with Crippen molar-refractivity contribution in [2.24, 2.45) is 0 Å². The fourth-order valence-corrected chi connectivity index (χ4v) is 2.14. The van der Waals surface area contributed by atoms with Crippen LogP contribution >= 0.6 is 11.6 Å². The van der Waals surface area contributed by atoms with E-state index < -0.39 is 12.1 Å².